The van der Waals surface area contributed by atoms with Gasteiger partial charge in [-0.25, -0.2) is 14.8 Å². The van der Waals surface area contributed by atoms with E-state index in [1.807, 2.05) is 43.0 Å². The summed E-state index contributed by atoms with van der Waals surface area (Å²) in [5, 5.41) is 0.893. The standard InChI is InChI=1S/C28H36N8O4/c1-6-34-23-24(32-26(34)33-13-9-10-18(29)14-33)35(16-22(37)40-28(3,4)5)27(39)36(25(23)38)15-21-30-17(2)19-11-7-8-12-20(19)31-21/h7-8,11-12,18H,6,9-10,13-16,29H2,1-5H3. The second-order valence-corrected chi connectivity index (χ2v) is 11.3. The molecule has 0 spiro atoms. The minimum absolute atomic E-state index is 0.0206. The van der Waals surface area contributed by atoms with Gasteiger partial charge in [-0.15, -0.1) is 0 Å². The number of carbonyl (C=O) groups is 1. The van der Waals surface area contributed by atoms with E-state index in [0.29, 0.717) is 24.9 Å². The van der Waals surface area contributed by atoms with Gasteiger partial charge in [-0.05, 0) is 53.5 Å². The van der Waals surface area contributed by atoms with Crippen LogP contribution in [-0.4, -0.2) is 59.4 Å². The average molecular weight is 549 g/mol. The Morgan fingerprint density at radius 2 is 1.85 bits per heavy atom. The number of carbonyl (C=O) groups excluding carboxylic acids is 1. The maximum absolute atomic E-state index is 14.0. The number of aryl methyl sites for hydroxylation is 2. The third kappa shape index (κ3) is 5.23. The minimum atomic E-state index is -0.747. The van der Waals surface area contributed by atoms with E-state index in [4.69, 9.17) is 15.5 Å². The van der Waals surface area contributed by atoms with Crippen LogP contribution in [-0.2, 0) is 29.2 Å². The fourth-order valence-electron chi connectivity index (χ4n) is 5.30. The van der Waals surface area contributed by atoms with Crippen LogP contribution < -0.4 is 21.9 Å². The summed E-state index contributed by atoms with van der Waals surface area (Å²) in [4.78, 5) is 56.8. The minimum Gasteiger partial charge on any atom is -0.459 e. The van der Waals surface area contributed by atoms with E-state index in [2.05, 4.69) is 9.97 Å². The van der Waals surface area contributed by atoms with Crippen molar-refractivity contribution in [2.24, 2.45) is 5.73 Å². The molecule has 212 valence electrons. The monoisotopic (exact) mass is 548 g/mol. The first-order valence-corrected chi connectivity index (χ1v) is 13.7. The van der Waals surface area contributed by atoms with Crippen LogP contribution in [0.1, 0.15) is 52.1 Å². The molecule has 4 heterocycles. The highest BCUT2D eigenvalue weighted by Crippen LogP contribution is 2.23. The van der Waals surface area contributed by atoms with Crippen LogP contribution in [0.3, 0.4) is 0 Å². The van der Waals surface area contributed by atoms with Crippen molar-refractivity contribution in [3.05, 3.63) is 56.6 Å². The number of fused-ring (bicyclic) bond motifs is 2. The van der Waals surface area contributed by atoms with Crippen molar-refractivity contribution in [3.8, 4) is 0 Å². The van der Waals surface area contributed by atoms with Crippen LogP contribution in [0.5, 0.6) is 0 Å². The van der Waals surface area contributed by atoms with Gasteiger partial charge in [0, 0.05) is 36.8 Å². The number of anilines is 1. The zero-order valence-corrected chi connectivity index (χ0v) is 23.7. The molecule has 1 aliphatic rings. The summed E-state index contributed by atoms with van der Waals surface area (Å²) in [6.45, 7) is 10.2. The summed E-state index contributed by atoms with van der Waals surface area (Å²) in [7, 11) is 0. The number of imidazole rings is 1. The molecule has 1 aromatic carbocycles. The Labute approximate surface area is 231 Å². The van der Waals surface area contributed by atoms with Crippen molar-refractivity contribution < 1.29 is 9.53 Å². The topological polar surface area (TPSA) is 143 Å². The van der Waals surface area contributed by atoms with Crippen LogP contribution in [0, 0.1) is 6.92 Å². The molecule has 1 saturated heterocycles. The van der Waals surface area contributed by atoms with Crippen LogP contribution >= 0.6 is 0 Å². The molecule has 1 fully saturated rings. The second kappa shape index (κ2) is 10.5. The lowest BCUT2D eigenvalue weighted by molar-refractivity contribution is -0.155. The van der Waals surface area contributed by atoms with E-state index in [9.17, 15) is 14.4 Å². The van der Waals surface area contributed by atoms with Crippen LogP contribution in [0.2, 0.25) is 0 Å². The van der Waals surface area contributed by atoms with E-state index in [0.717, 1.165) is 40.6 Å². The smallest absolute Gasteiger partial charge is 0.333 e. The highest BCUT2D eigenvalue weighted by molar-refractivity contribution is 5.80. The molecule has 5 rings (SSSR count). The fraction of sp³-hybridized carbons (Fsp3) is 0.500. The Morgan fingerprint density at radius 1 is 1.10 bits per heavy atom. The molecular formula is C28H36N8O4. The maximum atomic E-state index is 14.0. The lowest BCUT2D eigenvalue weighted by Crippen LogP contribution is -2.44. The number of esters is 1. The number of ether oxygens (including phenoxy) is 1. The molecule has 40 heavy (non-hydrogen) atoms. The van der Waals surface area contributed by atoms with Crippen molar-refractivity contribution in [2.75, 3.05) is 18.0 Å². The first-order chi connectivity index (χ1) is 19.0. The number of benzene rings is 1. The first kappa shape index (κ1) is 27.5. The number of hydrogen-bond acceptors (Lipinski definition) is 9. The third-order valence-electron chi connectivity index (χ3n) is 7.00. The van der Waals surface area contributed by atoms with E-state index in [1.54, 1.807) is 25.3 Å². The number of nitrogens with zero attached hydrogens (tertiary/aromatic N) is 7. The Hall–Kier alpha value is -4.06. The van der Waals surface area contributed by atoms with Crippen molar-refractivity contribution in [2.45, 2.75) is 78.7 Å². The molecule has 1 aliphatic heterocycles. The van der Waals surface area contributed by atoms with Gasteiger partial charge in [0.2, 0.25) is 5.95 Å². The van der Waals surface area contributed by atoms with Gasteiger partial charge in [0.1, 0.15) is 18.0 Å². The Balaban J connectivity index is 1.70. The van der Waals surface area contributed by atoms with Crippen LogP contribution in [0.25, 0.3) is 22.1 Å². The van der Waals surface area contributed by atoms with Gasteiger partial charge in [0.15, 0.2) is 11.2 Å². The number of para-hydroxylation sites is 1. The quantitative estimate of drug-likeness (QED) is 0.358. The van der Waals surface area contributed by atoms with Gasteiger partial charge in [0.25, 0.3) is 5.56 Å². The van der Waals surface area contributed by atoms with Gasteiger partial charge in [-0.3, -0.25) is 18.7 Å². The summed E-state index contributed by atoms with van der Waals surface area (Å²) in [6, 6.07) is 7.55. The van der Waals surface area contributed by atoms with Gasteiger partial charge in [-0.1, -0.05) is 18.2 Å². The predicted octanol–water partition coefficient (Wildman–Crippen LogP) is 1.95. The maximum Gasteiger partial charge on any atom is 0.333 e. The number of hydrogen-bond donors (Lipinski definition) is 1. The van der Waals surface area contributed by atoms with Gasteiger partial charge < -0.3 is 19.9 Å². The Kier molecular flexibility index (Phi) is 7.21. The molecule has 3 aromatic heterocycles. The van der Waals surface area contributed by atoms with E-state index in [1.165, 1.54) is 4.57 Å². The number of aromatic nitrogens is 6. The molecule has 2 N–H and O–H groups in total. The van der Waals surface area contributed by atoms with Gasteiger partial charge in [-0.2, -0.15) is 4.98 Å². The molecular weight excluding hydrogens is 512 g/mol. The molecule has 0 bridgehead atoms. The lowest BCUT2D eigenvalue weighted by Gasteiger charge is -2.31. The number of rotatable bonds is 6. The van der Waals surface area contributed by atoms with Gasteiger partial charge >= 0.3 is 11.7 Å². The molecule has 12 heteroatoms. The molecule has 12 nitrogen and oxygen atoms in total. The molecule has 0 amide bonds. The second-order valence-electron chi connectivity index (χ2n) is 11.3. The Bertz CT molecular complexity index is 1710. The molecule has 1 atom stereocenters. The van der Waals surface area contributed by atoms with Crippen LogP contribution in [0.4, 0.5) is 5.95 Å². The number of piperidine rings is 1. The summed E-state index contributed by atoms with van der Waals surface area (Å²) in [6.07, 6.45) is 1.80. The number of nitrogens with two attached hydrogens (primary N) is 1. The molecule has 0 saturated carbocycles. The van der Waals surface area contributed by atoms with Crippen LogP contribution in [0.15, 0.2) is 33.9 Å². The summed E-state index contributed by atoms with van der Waals surface area (Å²) in [5.41, 5.74) is 6.13. The molecule has 0 aliphatic carbocycles. The molecule has 4 aromatic rings. The normalized spacial score (nSPS) is 16.1. The van der Waals surface area contributed by atoms with E-state index >= 15 is 0 Å². The van der Waals surface area contributed by atoms with Crippen molar-refractivity contribution in [1.29, 1.82) is 0 Å². The highest BCUT2D eigenvalue weighted by atomic mass is 16.6. The summed E-state index contributed by atoms with van der Waals surface area (Å²) in [5.74, 6) is 0.271. The lowest BCUT2D eigenvalue weighted by atomic mass is 10.1. The van der Waals surface area contributed by atoms with Crippen molar-refractivity contribution in [3.63, 3.8) is 0 Å². The van der Waals surface area contributed by atoms with Crippen molar-refractivity contribution in [1.82, 2.24) is 28.7 Å². The molecule has 0 radical (unpaired) electrons. The van der Waals surface area contributed by atoms with Gasteiger partial charge in [0.05, 0.1) is 12.1 Å². The van der Waals surface area contributed by atoms with E-state index < -0.39 is 29.4 Å². The first-order valence-electron chi connectivity index (χ1n) is 13.7. The summed E-state index contributed by atoms with van der Waals surface area (Å²) < 4.78 is 9.61. The highest BCUT2D eigenvalue weighted by Gasteiger charge is 2.28. The fourth-order valence-corrected chi connectivity index (χ4v) is 5.30. The zero-order valence-electron chi connectivity index (χ0n) is 23.7. The van der Waals surface area contributed by atoms with E-state index in [-0.39, 0.29) is 23.8 Å². The average Bonchev–Trinajstić information content (AvgIpc) is 3.28. The predicted molar refractivity (Wildman–Crippen MR) is 153 cm³/mol. The zero-order chi connectivity index (χ0) is 28.8. The third-order valence-corrected chi connectivity index (χ3v) is 7.00. The SMILES string of the molecule is CCn1c(N2CCCC(N)C2)nc2c1c(=O)n(Cc1nc(C)c3ccccc3n1)c(=O)n2CC(=O)OC(C)(C)C. The summed E-state index contributed by atoms with van der Waals surface area (Å²) >= 11 is 0. The van der Waals surface area contributed by atoms with Crippen molar-refractivity contribution >= 4 is 34.0 Å². The Morgan fingerprint density at radius 3 is 2.55 bits per heavy atom. The largest absolute Gasteiger partial charge is 0.459 e. The molecule has 1 unspecified atom stereocenters.